The van der Waals surface area contributed by atoms with Gasteiger partial charge in [-0.25, -0.2) is 13.2 Å². The summed E-state index contributed by atoms with van der Waals surface area (Å²) in [6, 6.07) is 5.20. The minimum absolute atomic E-state index is 0.0172. The van der Waals surface area contributed by atoms with Gasteiger partial charge in [0.15, 0.2) is 9.84 Å². The van der Waals surface area contributed by atoms with Crippen LogP contribution in [0.3, 0.4) is 0 Å². The van der Waals surface area contributed by atoms with Crippen molar-refractivity contribution in [3.8, 4) is 0 Å². The molecule has 4 amide bonds. The van der Waals surface area contributed by atoms with Gasteiger partial charge in [-0.05, 0) is 56.2 Å². The van der Waals surface area contributed by atoms with E-state index in [2.05, 4.69) is 10.6 Å². The topological polar surface area (TPSA) is 113 Å². The van der Waals surface area contributed by atoms with Crippen molar-refractivity contribution >= 4 is 27.7 Å². The third-order valence-corrected chi connectivity index (χ3v) is 8.10. The number of nitrogens with one attached hydrogen (secondary N) is 2. The Kier molecular flexibility index (Phi) is 4.49. The van der Waals surface area contributed by atoms with Crippen LogP contribution in [0.2, 0.25) is 0 Å². The van der Waals surface area contributed by atoms with Crippen LogP contribution in [0, 0.1) is 0 Å². The van der Waals surface area contributed by atoms with E-state index in [0.29, 0.717) is 12.0 Å². The smallest absolute Gasteiger partial charge is 0.325 e. The molecule has 3 aliphatic rings. The molecule has 2 heterocycles. The SMILES string of the molecule is CC1(NC(=O)CN2C(=O)NC(C)(c3ccc4c(c3)CCC4)C2=O)CCS(=O)(=O)C1. The highest BCUT2D eigenvalue weighted by Gasteiger charge is 2.50. The van der Waals surface area contributed by atoms with E-state index >= 15 is 0 Å². The summed E-state index contributed by atoms with van der Waals surface area (Å²) < 4.78 is 23.4. The quantitative estimate of drug-likeness (QED) is 0.696. The number of hydrogen-bond acceptors (Lipinski definition) is 5. The molecule has 0 saturated carbocycles. The first-order valence-electron chi connectivity index (χ1n) is 9.79. The summed E-state index contributed by atoms with van der Waals surface area (Å²) in [5, 5.41) is 5.41. The summed E-state index contributed by atoms with van der Waals surface area (Å²) in [4.78, 5) is 38.9. The average molecular weight is 420 g/mol. The van der Waals surface area contributed by atoms with E-state index in [9.17, 15) is 22.8 Å². The van der Waals surface area contributed by atoms with Crippen molar-refractivity contribution in [1.29, 1.82) is 0 Å². The van der Waals surface area contributed by atoms with E-state index in [4.69, 9.17) is 0 Å². The van der Waals surface area contributed by atoms with Crippen LogP contribution >= 0.6 is 0 Å². The lowest BCUT2D eigenvalue weighted by atomic mass is 9.89. The van der Waals surface area contributed by atoms with Gasteiger partial charge >= 0.3 is 6.03 Å². The standard InChI is InChI=1S/C20H25N3O5S/c1-19(8-9-29(27,28)12-19)21-16(24)11-23-17(25)20(2,22-18(23)26)15-7-6-13-4-3-5-14(13)10-15/h6-7,10H,3-5,8-9,11-12H2,1-2H3,(H,21,24)(H,22,26). The molecule has 2 aliphatic heterocycles. The number of carbonyl (C=O) groups is 3. The average Bonchev–Trinajstić information content (AvgIpc) is 3.26. The molecular formula is C20H25N3O5S. The predicted molar refractivity (Wildman–Crippen MR) is 106 cm³/mol. The van der Waals surface area contributed by atoms with Crippen LogP contribution in [0.25, 0.3) is 0 Å². The second-order valence-electron chi connectivity index (χ2n) is 8.73. The fourth-order valence-corrected chi connectivity index (χ4v) is 6.64. The number of amides is 4. The number of benzene rings is 1. The van der Waals surface area contributed by atoms with E-state index in [1.165, 1.54) is 11.1 Å². The van der Waals surface area contributed by atoms with Crippen LogP contribution in [-0.4, -0.2) is 54.8 Å². The maximum Gasteiger partial charge on any atom is 0.325 e. The van der Waals surface area contributed by atoms with Crippen molar-refractivity contribution in [3.63, 3.8) is 0 Å². The fourth-order valence-electron chi connectivity index (χ4n) is 4.55. The van der Waals surface area contributed by atoms with Crippen LogP contribution in [0.5, 0.6) is 0 Å². The molecule has 2 fully saturated rings. The van der Waals surface area contributed by atoms with Crippen molar-refractivity contribution in [2.24, 2.45) is 0 Å². The second-order valence-corrected chi connectivity index (χ2v) is 10.9. The summed E-state index contributed by atoms with van der Waals surface area (Å²) in [6.45, 7) is 2.86. The molecule has 0 aromatic heterocycles. The number of aryl methyl sites for hydroxylation is 2. The summed E-state index contributed by atoms with van der Waals surface area (Å²) in [5.41, 5.74) is 1.06. The number of nitrogens with zero attached hydrogens (tertiary/aromatic N) is 1. The summed E-state index contributed by atoms with van der Waals surface area (Å²) in [5.74, 6) is -1.16. The molecule has 1 aromatic rings. The van der Waals surface area contributed by atoms with Crippen LogP contribution in [0.4, 0.5) is 4.79 Å². The molecule has 4 rings (SSSR count). The minimum Gasteiger partial charge on any atom is -0.348 e. The van der Waals surface area contributed by atoms with Crippen molar-refractivity contribution < 1.29 is 22.8 Å². The number of hydrogen-bond donors (Lipinski definition) is 2. The first-order chi connectivity index (χ1) is 13.5. The summed E-state index contributed by atoms with van der Waals surface area (Å²) in [7, 11) is -3.18. The van der Waals surface area contributed by atoms with E-state index in [0.717, 1.165) is 24.2 Å². The third-order valence-electron chi connectivity index (χ3n) is 6.20. The van der Waals surface area contributed by atoms with Crippen molar-refractivity contribution in [3.05, 3.63) is 34.9 Å². The number of carbonyl (C=O) groups excluding carboxylic acids is 3. The van der Waals surface area contributed by atoms with Gasteiger partial charge in [-0.3, -0.25) is 14.5 Å². The Morgan fingerprint density at radius 2 is 1.93 bits per heavy atom. The van der Waals surface area contributed by atoms with Gasteiger partial charge in [0.1, 0.15) is 12.1 Å². The number of urea groups is 1. The van der Waals surface area contributed by atoms with E-state index in [1.54, 1.807) is 13.8 Å². The highest BCUT2D eigenvalue weighted by molar-refractivity contribution is 7.91. The largest absolute Gasteiger partial charge is 0.348 e. The Bertz CT molecular complexity index is 1020. The molecule has 1 aliphatic carbocycles. The minimum atomic E-state index is -3.18. The molecule has 9 heteroatoms. The predicted octanol–water partition coefficient (Wildman–Crippen LogP) is 0.636. The van der Waals surface area contributed by atoms with Gasteiger partial charge in [-0.2, -0.15) is 0 Å². The zero-order valence-corrected chi connectivity index (χ0v) is 17.4. The molecule has 0 spiro atoms. The molecule has 2 N–H and O–H groups in total. The normalized spacial score (nSPS) is 30.3. The molecular weight excluding hydrogens is 394 g/mol. The first-order valence-corrected chi connectivity index (χ1v) is 11.6. The maximum atomic E-state index is 13.1. The van der Waals surface area contributed by atoms with E-state index < -0.39 is 45.3 Å². The molecule has 2 unspecified atom stereocenters. The number of fused-ring (bicyclic) bond motifs is 1. The van der Waals surface area contributed by atoms with Gasteiger partial charge in [0, 0.05) is 0 Å². The van der Waals surface area contributed by atoms with Gasteiger partial charge in [-0.1, -0.05) is 18.2 Å². The number of imide groups is 1. The molecule has 2 atom stereocenters. The van der Waals surface area contributed by atoms with E-state index in [1.807, 2.05) is 18.2 Å². The Balaban J connectivity index is 1.49. The molecule has 1 aromatic carbocycles. The van der Waals surface area contributed by atoms with Crippen LogP contribution in [0.1, 0.15) is 43.4 Å². The molecule has 29 heavy (non-hydrogen) atoms. The lowest BCUT2D eigenvalue weighted by Gasteiger charge is -2.26. The number of sulfone groups is 1. The molecule has 8 nitrogen and oxygen atoms in total. The van der Waals surface area contributed by atoms with Gasteiger partial charge < -0.3 is 10.6 Å². The molecule has 0 radical (unpaired) electrons. The highest BCUT2D eigenvalue weighted by Crippen LogP contribution is 2.32. The van der Waals surface area contributed by atoms with E-state index in [-0.39, 0.29) is 11.5 Å². The van der Waals surface area contributed by atoms with Crippen LogP contribution in [-0.2, 0) is 37.8 Å². The lowest BCUT2D eigenvalue weighted by Crippen LogP contribution is -2.51. The fraction of sp³-hybridized carbons (Fsp3) is 0.550. The van der Waals surface area contributed by atoms with Gasteiger partial charge in [0.25, 0.3) is 5.91 Å². The third kappa shape index (κ3) is 3.52. The zero-order valence-electron chi connectivity index (χ0n) is 16.6. The van der Waals surface area contributed by atoms with Crippen molar-refractivity contribution in [1.82, 2.24) is 15.5 Å². The Morgan fingerprint density at radius 1 is 1.21 bits per heavy atom. The van der Waals surface area contributed by atoms with Gasteiger partial charge in [-0.15, -0.1) is 0 Å². The van der Waals surface area contributed by atoms with Gasteiger partial charge in [0.05, 0.1) is 17.0 Å². The zero-order chi connectivity index (χ0) is 21.0. The molecule has 156 valence electrons. The second kappa shape index (κ2) is 6.55. The molecule has 2 saturated heterocycles. The first kappa shape index (κ1) is 19.9. The number of rotatable bonds is 4. The molecule has 0 bridgehead atoms. The summed E-state index contributed by atoms with van der Waals surface area (Å²) >= 11 is 0. The van der Waals surface area contributed by atoms with Crippen molar-refractivity contribution in [2.75, 3.05) is 18.1 Å². The monoisotopic (exact) mass is 419 g/mol. The lowest BCUT2D eigenvalue weighted by molar-refractivity contribution is -0.135. The Labute approximate surface area is 169 Å². The Morgan fingerprint density at radius 3 is 2.62 bits per heavy atom. The van der Waals surface area contributed by atoms with Crippen LogP contribution in [0.15, 0.2) is 18.2 Å². The highest BCUT2D eigenvalue weighted by atomic mass is 32.2. The maximum absolute atomic E-state index is 13.1. The van der Waals surface area contributed by atoms with Crippen LogP contribution < -0.4 is 10.6 Å². The van der Waals surface area contributed by atoms with Crippen molar-refractivity contribution in [2.45, 2.75) is 50.6 Å². The Hall–Kier alpha value is -2.42. The van der Waals surface area contributed by atoms with Gasteiger partial charge in [0.2, 0.25) is 5.91 Å². The summed E-state index contributed by atoms with van der Waals surface area (Å²) in [6.07, 6.45) is 3.37.